The van der Waals surface area contributed by atoms with E-state index in [4.69, 9.17) is 0 Å². The molecule has 2 aromatic carbocycles. The van der Waals surface area contributed by atoms with E-state index in [0.29, 0.717) is 11.8 Å². The predicted molar refractivity (Wildman–Crippen MR) is 124 cm³/mol. The third-order valence-corrected chi connectivity index (χ3v) is 5.23. The molecule has 1 fully saturated rings. The van der Waals surface area contributed by atoms with Gasteiger partial charge in [-0.25, -0.2) is 14.1 Å². The number of piperazine rings is 1. The normalized spacial score (nSPS) is 13.7. The topological polar surface area (TPSA) is 82.9 Å². The first-order valence-electron chi connectivity index (χ1n) is 10.5. The quantitative estimate of drug-likeness (QED) is 0.430. The van der Waals surface area contributed by atoms with Gasteiger partial charge in [0, 0.05) is 49.3 Å². The fourth-order valence-electron chi connectivity index (χ4n) is 3.59. The van der Waals surface area contributed by atoms with Crippen molar-refractivity contribution >= 4 is 28.8 Å². The molecule has 0 bridgehead atoms. The third-order valence-electron chi connectivity index (χ3n) is 5.23. The Hall–Kier alpha value is -3.98. The van der Waals surface area contributed by atoms with Crippen LogP contribution in [-0.2, 0) is 0 Å². The van der Waals surface area contributed by atoms with Crippen molar-refractivity contribution in [3.05, 3.63) is 79.0 Å². The van der Waals surface area contributed by atoms with Crippen molar-refractivity contribution in [2.24, 2.45) is 0 Å². The summed E-state index contributed by atoms with van der Waals surface area (Å²) in [7, 11) is 0. The smallest absolute Gasteiger partial charge is 0.246 e. The van der Waals surface area contributed by atoms with Crippen LogP contribution in [-0.4, -0.2) is 45.9 Å². The zero-order valence-electron chi connectivity index (χ0n) is 17.4. The van der Waals surface area contributed by atoms with Crippen LogP contribution in [0.3, 0.4) is 0 Å². The van der Waals surface area contributed by atoms with Gasteiger partial charge in [-0.15, -0.1) is 5.10 Å². The van der Waals surface area contributed by atoms with E-state index in [1.54, 1.807) is 6.07 Å². The number of anilines is 5. The second-order valence-electron chi connectivity index (χ2n) is 7.43. The second-order valence-corrected chi connectivity index (χ2v) is 7.43. The highest BCUT2D eigenvalue weighted by Crippen LogP contribution is 2.23. The SMILES string of the molecule is Fc1cnc(Nc2ccc(N3CCNCC3)cc2)cc1-n1cnc(Nc2ccccc2)n1. The lowest BCUT2D eigenvalue weighted by molar-refractivity contribution is 0.589. The molecule has 0 saturated carbocycles. The van der Waals surface area contributed by atoms with Crippen LogP contribution in [0.4, 0.5) is 33.2 Å². The van der Waals surface area contributed by atoms with Crippen LogP contribution in [0.15, 0.2) is 73.2 Å². The van der Waals surface area contributed by atoms with Crippen LogP contribution >= 0.6 is 0 Å². The number of hydrogen-bond acceptors (Lipinski definition) is 7. The third kappa shape index (κ3) is 4.52. The van der Waals surface area contributed by atoms with E-state index in [1.807, 2.05) is 42.5 Å². The Kier molecular flexibility index (Phi) is 5.63. The van der Waals surface area contributed by atoms with Gasteiger partial charge in [-0.1, -0.05) is 18.2 Å². The molecule has 32 heavy (non-hydrogen) atoms. The largest absolute Gasteiger partial charge is 0.369 e. The molecule has 0 atom stereocenters. The summed E-state index contributed by atoms with van der Waals surface area (Å²) in [5.74, 6) is 0.413. The highest BCUT2D eigenvalue weighted by atomic mass is 19.1. The minimum absolute atomic E-state index is 0.258. The summed E-state index contributed by atoms with van der Waals surface area (Å²) in [6.45, 7) is 3.98. The Bertz CT molecular complexity index is 1170. The van der Waals surface area contributed by atoms with Crippen LogP contribution in [0, 0.1) is 5.82 Å². The Labute approximate surface area is 185 Å². The molecule has 0 amide bonds. The molecule has 1 aliphatic rings. The fourth-order valence-corrected chi connectivity index (χ4v) is 3.59. The highest BCUT2D eigenvalue weighted by molar-refractivity contribution is 5.62. The number of benzene rings is 2. The van der Waals surface area contributed by atoms with Gasteiger partial charge in [0.05, 0.1) is 6.20 Å². The molecule has 3 N–H and O–H groups in total. The van der Waals surface area contributed by atoms with Crippen molar-refractivity contribution < 1.29 is 4.39 Å². The second kappa shape index (κ2) is 9.03. The van der Waals surface area contributed by atoms with E-state index in [0.717, 1.165) is 37.6 Å². The Morgan fingerprint density at radius 2 is 1.62 bits per heavy atom. The molecular weight excluding hydrogens is 407 g/mol. The molecule has 5 rings (SSSR count). The number of pyridine rings is 1. The van der Waals surface area contributed by atoms with Crippen molar-refractivity contribution in [2.45, 2.75) is 0 Å². The number of rotatable bonds is 6. The average molecular weight is 430 g/mol. The van der Waals surface area contributed by atoms with E-state index >= 15 is 0 Å². The van der Waals surface area contributed by atoms with E-state index in [9.17, 15) is 4.39 Å². The Morgan fingerprint density at radius 3 is 2.41 bits per heavy atom. The molecule has 9 heteroatoms. The number of halogens is 1. The molecule has 0 spiro atoms. The van der Waals surface area contributed by atoms with E-state index < -0.39 is 5.82 Å². The van der Waals surface area contributed by atoms with Gasteiger partial charge in [0.25, 0.3) is 0 Å². The summed E-state index contributed by atoms with van der Waals surface area (Å²) >= 11 is 0. The molecule has 1 saturated heterocycles. The van der Waals surface area contributed by atoms with Gasteiger partial charge in [-0.3, -0.25) is 0 Å². The molecule has 1 aliphatic heterocycles. The van der Waals surface area contributed by atoms with Gasteiger partial charge in [0.15, 0.2) is 5.82 Å². The van der Waals surface area contributed by atoms with Crippen molar-refractivity contribution in [3.63, 3.8) is 0 Å². The van der Waals surface area contributed by atoms with Gasteiger partial charge >= 0.3 is 0 Å². The van der Waals surface area contributed by atoms with Gasteiger partial charge in [-0.2, -0.15) is 4.98 Å². The molecule has 4 aromatic rings. The minimum Gasteiger partial charge on any atom is -0.369 e. The highest BCUT2D eigenvalue weighted by Gasteiger charge is 2.12. The van der Waals surface area contributed by atoms with Crippen LogP contribution in [0.2, 0.25) is 0 Å². The molecule has 3 heterocycles. The molecule has 8 nitrogen and oxygen atoms in total. The lowest BCUT2D eigenvalue weighted by Gasteiger charge is -2.29. The summed E-state index contributed by atoms with van der Waals surface area (Å²) in [6, 6.07) is 19.3. The van der Waals surface area contributed by atoms with Crippen molar-refractivity contribution in [1.82, 2.24) is 25.1 Å². The Balaban J connectivity index is 1.31. The zero-order chi connectivity index (χ0) is 21.8. The van der Waals surface area contributed by atoms with Gasteiger partial charge < -0.3 is 20.9 Å². The number of nitrogens with zero attached hydrogens (tertiary/aromatic N) is 5. The monoisotopic (exact) mass is 430 g/mol. The predicted octanol–water partition coefficient (Wildman–Crippen LogP) is 3.70. The van der Waals surface area contributed by atoms with Crippen LogP contribution in [0.5, 0.6) is 0 Å². The first-order valence-corrected chi connectivity index (χ1v) is 10.5. The van der Waals surface area contributed by atoms with E-state index in [1.165, 1.54) is 22.9 Å². The Morgan fingerprint density at radius 1 is 0.875 bits per heavy atom. The standard InChI is InChI=1S/C23H23FN8/c24-20-15-26-22(28-18-6-8-19(9-7-18)31-12-10-25-11-13-31)14-21(20)32-16-27-23(30-32)29-17-4-2-1-3-5-17/h1-9,14-16,25H,10-13H2,(H,26,28)(H,29,30). The average Bonchev–Trinajstić information content (AvgIpc) is 3.30. The van der Waals surface area contributed by atoms with Crippen molar-refractivity contribution in [3.8, 4) is 5.69 Å². The molecule has 0 radical (unpaired) electrons. The lowest BCUT2D eigenvalue weighted by atomic mass is 10.2. The van der Waals surface area contributed by atoms with Crippen molar-refractivity contribution in [2.75, 3.05) is 41.7 Å². The maximum absolute atomic E-state index is 14.5. The number of nitrogens with one attached hydrogen (secondary N) is 3. The summed E-state index contributed by atoms with van der Waals surface area (Å²) in [5.41, 5.74) is 3.17. The molecule has 0 unspecified atom stereocenters. The van der Waals surface area contributed by atoms with E-state index in [2.05, 4.69) is 48.0 Å². The number of para-hydroxylation sites is 1. The number of aromatic nitrogens is 4. The summed E-state index contributed by atoms with van der Waals surface area (Å²) in [4.78, 5) is 10.7. The molecule has 0 aliphatic carbocycles. The van der Waals surface area contributed by atoms with Crippen LogP contribution < -0.4 is 20.9 Å². The van der Waals surface area contributed by atoms with Crippen LogP contribution in [0.1, 0.15) is 0 Å². The maximum Gasteiger partial charge on any atom is 0.246 e. The fraction of sp³-hybridized carbons (Fsp3) is 0.174. The summed E-state index contributed by atoms with van der Waals surface area (Å²) in [6.07, 6.45) is 2.65. The minimum atomic E-state index is -0.485. The van der Waals surface area contributed by atoms with Crippen molar-refractivity contribution in [1.29, 1.82) is 0 Å². The first-order chi connectivity index (χ1) is 15.7. The maximum atomic E-state index is 14.5. The summed E-state index contributed by atoms with van der Waals surface area (Å²) < 4.78 is 15.9. The van der Waals surface area contributed by atoms with E-state index in [-0.39, 0.29) is 5.69 Å². The molecular formula is C23H23FN8. The van der Waals surface area contributed by atoms with Gasteiger partial charge in [0.2, 0.25) is 5.95 Å². The van der Waals surface area contributed by atoms with Crippen LogP contribution in [0.25, 0.3) is 5.69 Å². The molecule has 2 aromatic heterocycles. The molecule has 162 valence electrons. The zero-order valence-corrected chi connectivity index (χ0v) is 17.4. The van der Waals surface area contributed by atoms with Gasteiger partial charge in [-0.05, 0) is 36.4 Å². The van der Waals surface area contributed by atoms with Gasteiger partial charge in [0.1, 0.15) is 17.8 Å². The lowest BCUT2D eigenvalue weighted by Crippen LogP contribution is -2.43. The summed E-state index contributed by atoms with van der Waals surface area (Å²) in [5, 5.41) is 14.0. The number of hydrogen-bond donors (Lipinski definition) is 3. The first kappa shape index (κ1) is 20.0.